The van der Waals surface area contributed by atoms with Gasteiger partial charge < -0.3 is 16.8 Å². The van der Waals surface area contributed by atoms with Crippen LogP contribution in [-0.2, 0) is 4.79 Å². The van der Waals surface area contributed by atoms with Crippen LogP contribution in [0.15, 0.2) is 0 Å². The zero-order valence-corrected chi connectivity index (χ0v) is 6.60. The highest BCUT2D eigenvalue weighted by Gasteiger charge is 2.35. The smallest absolute Gasteiger partial charge is 0.239 e. The maximum atomic E-state index is 11.0. The summed E-state index contributed by atoms with van der Waals surface area (Å²) < 4.78 is 0. The van der Waals surface area contributed by atoms with Gasteiger partial charge in [-0.3, -0.25) is 4.79 Å². The molecule has 5 N–H and O–H groups in total. The summed E-state index contributed by atoms with van der Waals surface area (Å²) in [5.74, 6) is -0.320. The molecule has 0 bridgehead atoms. The molecule has 0 spiro atoms. The molecular weight excluding hydrogens is 142 g/mol. The Morgan fingerprint density at radius 2 is 2.27 bits per heavy atom. The van der Waals surface area contributed by atoms with Gasteiger partial charge in [0, 0.05) is 6.54 Å². The molecule has 0 aromatic carbocycles. The summed E-state index contributed by atoms with van der Waals surface area (Å²) in [6.07, 6.45) is 2.92. The average molecular weight is 157 g/mol. The summed E-state index contributed by atoms with van der Waals surface area (Å²) in [5, 5.41) is 3.08. The van der Waals surface area contributed by atoms with E-state index >= 15 is 0 Å². The fraction of sp³-hybridized carbons (Fsp3) is 0.857. The van der Waals surface area contributed by atoms with Crippen LogP contribution in [0.1, 0.15) is 19.3 Å². The Kier molecular flexibility index (Phi) is 2.46. The molecule has 0 aliphatic carbocycles. The lowest BCUT2D eigenvalue weighted by atomic mass is 9.88. The molecule has 0 aromatic rings. The van der Waals surface area contributed by atoms with E-state index in [1.165, 1.54) is 0 Å². The Hall–Kier alpha value is -0.610. The van der Waals surface area contributed by atoms with Gasteiger partial charge in [-0.15, -0.1) is 0 Å². The quantitative estimate of drug-likeness (QED) is 0.478. The van der Waals surface area contributed by atoms with Crippen LogP contribution in [-0.4, -0.2) is 24.5 Å². The van der Waals surface area contributed by atoms with Gasteiger partial charge in [0.25, 0.3) is 0 Å². The topological polar surface area (TPSA) is 81.1 Å². The minimum Gasteiger partial charge on any atom is -0.368 e. The summed E-state index contributed by atoms with van der Waals surface area (Å²) in [7, 11) is 0. The largest absolute Gasteiger partial charge is 0.368 e. The van der Waals surface area contributed by atoms with Crippen molar-refractivity contribution < 1.29 is 4.79 Å². The number of hydrogen-bond donors (Lipinski definition) is 3. The monoisotopic (exact) mass is 157 g/mol. The minimum atomic E-state index is -0.613. The van der Waals surface area contributed by atoms with Crippen LogP contribution < -0.4 is 16.8 Å². The van der Waals surface area contributed by atoms with E-state index < -0.39 is 5.54 Å². The first kappa shape index (κ1) is 8.49. The van der Waals surface area contributed by atoms with Gasteiger partial charge >= 0.3 is 0 Å². The Morgan fingerprint density at radius 3 is 2.55 bits per heavy atom. The number of amides is 1. The predicted octanol–water partition coefficient (Wildman–Crippen LogP) is -1.06. The maximum absolute atomic E-state index is 11.0. The normalized spacial score (nSPS) is 31.7. The van der Waals surface area contributed by atoms with Gasteiger partial charge in [-0.25, -0.2) is 0 Å². The van der Waals surface area contributed by atoms with Gasteiger partial charge in [0.05, 0.1) is 0 Å². The predicted molar refractivity (Wildman–Crippen MR) is 42.8 cm³/mol. The zero-order valence-electron chi connectivity index (χ0n) is 6.60. The molecule has 0 saturated carbocycles. The standard InChI is InChI=1S/C7H15N3O/c8-5-7(6(9)11)3-1-2-4-10-7/h10H,1-5,8H2,(H2,9,11). The molecule has 1 heterocycles. The second-order valence-electron chi connectivity index (χ2n) is 3.03. The number of primary amides is 1. The molecule has 1 fully saturated rings. The van der Waals surface area contributed by atoms with Crippen LogP contribution >= 0.6 is 0 Å². The number of rotatable bonds is 2. The van der Waals surface area contributed by atoms with Gasteiger partial charge in [0.15, 0.2) is 0 Å². The molecule has 1 saturated heterocycles. The van der Waals surface area contributed by atoms with Gasteiger partial charge in [-0.2, -0.15) is 0 Å². The Labute approximate surface area is 66.3 Å². The van der Waals surface area contributed by atoms with Crippen molar-refractivity contribution in [2.45, 2.75) is 24.8 Å². The van der Waals surface area contributed by atoms with E-state index in [1.54, 1.807) is 0 Å². The second-order valence-corrected chi connectivity index (χ2v) is 3.03. The Morgan fingerprint density at radius 1 is 1.55 bits per heavy atom. The third-order valence-corrected chi connectivity index (χ3v) is 2.31. The van der Waals surface area contributed by atoms with Crippen molar-refractivity contribution in [1.29, 1.82) is 0 Å². The lowest BCUT2D eigenvalue weighted by Gasteiger charge is -2.34. The first-order valence-corrected chi connectivity index (χ1v) is 3.96. The molecular formula is C7H15N3O. The first-order valence-electron chi connectivity index (χ1n) is 3.96. The third-order valence-electron chi connectivity index (χ3n) is 2.31. The van der Waals surface area contributed by atoms with E-state index in [4.69, 9.17) is 11.5 Å². The molecule has 4 heteroatoms. The summed E-state index contributed by atoms with van der Waals surface area (Å²) in [4.78, 5) is 11.0. The van der Waals surface area contributed by atoms with Crippen molar-refractivity contribution in [3.05, 3.63) is 0 Å². The molecule has 1 rings (SSSR count). The second kappa shape index (κ2) is 3.19. The fourth-order valence-electron chi connectivity index (χ4n) is 1.45. The summed E-state index contributed by atoms with van der Waals surface area (Å²) >= 11 is 0. The van der Waals surface area contributed by atoms with Gasteiger partial charge in [0.2, 0.25) is 5.91 Å². The van der Waals surface area contributed by atoms with Crippen LogP contribution in [0.5, 0.6) is 0 Å². The molecule has 1 atom stereocenters. The highest BCUT2D eigenvalue weighted by atomic mass is 16.1. The molecule has 0 radical (unpaired) electrons. The van der Waals surface area contributed by atoms with Crippen LogP contribution in [0.4, 0.5) is 0 Å². The number of nitrogens with two attached hydrogens (primary N) is 2. The van der Waals surface area contributed by atoms with Crippen molar-refractivity contribution in [2.75, 3.05) is 13.1 Å². The number of carbonyl (C=O) groups excluding carboxylic acids is 1. The van der Waals surface area contributed by atoms with E-state index in [-0.39, 0.29) is 5.91 Å². The lowest BCUT2D eigenvalue weighted by Crippen LogP contribution is -2.61. The summed E-state index contributed by atoms with van der Waals surface area (Å²) in [6.45, 7) is 1.16. The van der Waals surface area contributed by atoms with E-state index in [9.17, 15) is 4.79 Å². The summed E-state index contributed by atoms with van der Waals surface area (Å²) in [5.41, 5.74) is 10.1. The molecule has 1 amide bonds. The van der Waals surface area contributed by atoms with Crippen LogP contribution in [0, 0.1) is 0 Å². The molecule has 0 aromatic heterocycles. The van der Waals surface area contributed by atoms with Gasteiger partial charge in [0.1, 0.15) is 5.54 Å². The molecule has 1 aliphatic rings. The fourth-order valence-corrected chi connectivity index (χ4v) is 1.45. The highest BCUT2D eigenvalue weighted by Crippen LogP contribution is 2.17. The SMILES string of the molecule is NCC1(C(N)=O)CCCCN1. The molecule has 4 nitrogen and oxygen atoms in total. The van der Waals surface area contributed by atoms with Crippen LogP contribution in [0.25, 0.3) is 0 Å². The maximum Gasteiger partial charge on any atom is 0.239 e. The number of nitrogens with one attached hydrogen (secondary N) is 1. The molecule has 11 heavy (non-hydrogen) atoms. The van der Waals surface area contributed by atoms with Crippen LogP contribution in [0.3, 0.4) is 0 Å². The number of carbonyl (C=O) groups is 1. The Bertz CT molecular complexity index is 152. The van der Waals surface area contributed by atoms with Crippen molar-refractivity contribution in [1.82, 2.24) is 5.32 Å². The van der Waals surface area contributed by atoms with Gasteiger partial charge in [-0.05, 0) is 25.8 Å². The van der Waals surface area contributed by atoms with Crippen LogP contribution in [0.2, 0.25) is 0 Å². The molecule has 64 valence electrons. The zero-order chi connectivity index (χ0) is 8.32. The van der Waals surface area contributed by atoms with Crippen molar-refractivity contribution in [2.24, 2.45) is 11.5 Å². The van der Waals surface area contributed by atoms with Crippen molar-refractivity contribution in [3.8, 4) is 0 Å². The first-order chi connectivity index (χ1) is 5.21. The van der Waals surface area contributed by atoms with E-state index in [0.29, 0.717) is 6.54 Å². The molecule has 1 aliphatic heterocycles. The van der Waals surface area contributed by atoms with E-state index in [2.05, 4.69) is 5.32 Å². The molecule has 1 unspecified atom stereocenters. The minimum absolute atomic E-state index is 0.308. The third kappa shape index (κ3) is 1.52. The lowest BCUT2D eigenvalue weighted by molar-refractivity contribution is -0.124. The van der Waals surface area contributed by atoms with E-state index in [1.807, 2.05) is 0 Å². The average Bonchev–Trinajstić information content (AvgIpc) is 2.05. The number of piperidine rings is 1. The number of hydrogen-bond acceptors (Lipinski definition) is 3. The van der Waals surface area contributed by atoms with Crippen molar-refractivity contribution >= 4 is 5.91 Å². The van der Waals surface area contributed by atoms with E-state index in [0.717, 1.165) is 25.8 Å². The summed E-state index contributed by atoms with van der Waals surface area (Å²) in [6, 6.07) is 0. The van der Waals surface area contributed by atoms with Gasteiger partial charge in [-0.1, -0.05) is 0 Å². The Balaban J connectivity index is 2.64. The highest BCUT2D eigenvalue weighted by molar-refractivity contribution is 5.85. The van der Waals surface area contributed by atoms with Crippen molar-refractivity contribution in [3.63, 3.8) is 0 Å².